The summed E-state index contributed by atoms with van der Waals surface area (Å²) >= 11 is 0. The van der Waals surface area contributed by atoms with Crippen molar-refractivity contribution in [2.24, 2.45) is 0 Å². The zero-order chi connectivity index (χ0) is 26.7. The lowest BCUT2D eigenvalue weighted by Crippen LogP contribution is -1.89. The number of rotatable bonds is 6. The van der Waals surface area contributed by atoms with Gasteiger partial charge in [-0.25, -0.2) is 4.98 Å². The molecule has 0 N–H and O–H groups in total. The van der Waals surface area contributed by atoms with Gasteiger partial charge in [-0.05, 0) is 66.7 Å². The average molecular weight is 523 g/mol. The van der Waals surface area contributed by atoms with Gasteiger partial charge < -0.3 is 8.83 Å². The summed E-state index contributed by atoms with van der Waals surface area (Å²) in [5.74, 6) is 1.41. The van der Waals surface area contributed by atoms with Crippen LogP contribution in [0.3, 0.4) is 0 Å². The lowest BCUT2D eigenvalue weighted by atomic mass is 10.1. The van der Waals surface area contributed by atoms with Crippen LogP contribution >= 0.6 is 0 Å². The Morgan fingerprint density at radius 3 is 1.65 bits per heavy atom. The Kier molecular flexibility index (Phi) is 5.87. The van der Waals surface area contributed by atoms with Crippen LogP contribution in [0.1, 0.15) is 0 Å². The highest BCUT2D eigenvalue weighted by Crippen LogP contribution is 2.30. The molecular weight excluding hydrogens is 504 g/mol. The maximum absolute atomic E-state index is 6.03. The molecule has 7 rings (SSSR count). The minimum atomic E-state index is 0.307. The molecular formula is C30H18N8O2. The second kappa shape index (κ2) is 10.1. The van der Waals surface area contributed by atoms with E-state index in [2.05, 4.69) is 40.6 Å². The highest BCUT2D eigenvalue weighted by Gasteiger charge is 2.16. The first-order chi connectivity index (χ1) is 19.8. The minimum absolute atomic E-state index is 0.307. The number of nitrogens with zero attached hydrogens (tertiary/aromatic N) is 8. The van der Waals surface area contributed by atoms with E-state index in [4.69, 9.17) is 8.83 Å². The Hall–Kier alpha value is -5.90. The molecule has 0 aliphatic carbocycles. The summed E-state index contributed by atoms with van der Waals surface area (Å²) in [4.78, 5) is 9.00. The standard InChI is InChI=1S/C30H18N8O2/c1-2-15-31-24(11-1)25-12-5-13-26(33-25)30-38-37-29(40-30)22-10-4-9-21(18-22)28-36-35-27(39-28)20-8-3-7-19(17-20)23-14-6-16-32-34-23/h1-18H. The first-order valence-corrected chi connectivity index (χ1v) is 12.4. The van der Waals surface area contributed by atoms with Crippen molar-refractivity contribution in [2.75, 3.05) is 0 Å². The quantitative estimate of drug-likeness (QED) is 0.255. The van der Waals surface area contributed by atoms with Gasteiger partial charge in [-0.2, -0.15) is 10.2 Å². The molecule has 0 saturated heterocycles. The Bertz CT molecular complexity index is 1780. The van der Waals surface area contributed by atoms with Gasteiger partial charge in [-0.15, -0.1) is 20.4 Å². The molecule has 5 aromatic heterocycles. The van der Waals surface area contributed by atoms with E-state index in [0.717, 1.165) is 28.1 Å². The fourth-order valence-electron chi connectivity index (χ4n) is 4.16. The number of hydrogen-bond donors (Lipinski definition) is 0. The molecule has 0 spiro atoms. The largest absolute Gasteiger partial charge is 0.416 e. The van der Waals surface area contributed by atoms with E-state index in [9.17, 15) is 0 Å². The van der Waals surface area contributed by atoms with Gasteiger partial charge in [0.2, 0.25) is 17.7 Å². The van der Waals surface area contributed by atoms with Gasteiger partial charge in [0.1, 0.15) is 5.69 Å². The van der Waals surface area contributed by atoms with Gasteiger partial charge in [-0.3, -0.25) is 4.98 Å². The van der Waals surface area contributed by atoms with E-state index in [1.807, 2.05) is 97.1 Å². The van der Waals surface area contributed by atoms with Crippen molar-refractivity contribution in [1.82, 2.24) is 40.6 Å². The van der Waals surface area contributed by atoms with E-state index in [1.165, 1.54) is 0 Å². The predicted octanol–water partition coefficient (Wildman–Crippen LogP) is 6.03. The van der Waals surface area contributed by atoms with Crippen LogP contribution in [0.25, 0.3) is 68.6 Å². The predicted molar refractivity (Wildman–Crippen MR) is 146 cm³/mol. The molecule has 10 heteroatoms. The second-order valence-electron chi connectivity index (χ2n) is 8.72. The van der Waals surface area contributed by atoms with Crippen LogP contribution in [0.15, 0.2) is 118 Å². The summed E-state index contributed by atoms with van der Waals surface area (Å²) in [5.41, 5.74) is 5.90. The molecule has 0 aliphatic rings. The Labute approximate surface area is 227 Å². The second-order valence-corrected chi connectivity index (χ2v) is 8.72. The van der Waals surface area contributed by atoms with Gasteiger partial charge in [0.15, 0.2) is 0 Å². The van der Waals surface area contributed by atoms with E-state index in [1.54, 1.807) is 12.4 Å². The number of hydrogen-bond acceptors (Lipinski definition) is 10. The van der Waals surface area contributed by atoms with Gasteiger partial charge in [0.25, 0.3) is 5.89 Å². The van der Waals surface area contributed by atoms with Crippen LogP contribution in [-0.4, -0.2) is 40.6 Å². The van der Waals surface area contributed by atoms with E-state index >= 15 is 0 Å². The molecule has 0 amide bonds. The zero-order valence-electron chi connectivity index (χ0n) is 20.8. The third kappa shape index (κ3) is 4.61. The molecule has 0 aliphatic heterocycles. The molecule has 5 heterocycles. The van der Waals surface area contributed by atoms with Crippen LogP contribution in [0.4, 0.5) is 0 Å². The van der Waals surface area contributed by atoms with Crippen molar-refractivity contribution in [3.63, 3.8) is 0 Å². The molecule has 0 atom stereocenters. The zero-order valence-corrected chi connectivity index (χ0v) is 20.8. The first kappa shape index (κ1) is 23.2. The lowest BCUT2D eigenvalue weighted by Gasteiger charge is -2.01. The Morgan fingerprint density at radius 1 is 0.400 bits per heavy atom. The third-order valence-electron chi connectivity index (χ3n) is 6.08. The van der Waals surface area contributed by atoms with Crippen molar-refractivity contribution in [2.45, 2.75) is 0 Å². The van der Waals surface area contributed by atoms with Gasteiger partial charge in [0.05, 0.1) is 17.1 Å². The number of benzene rings is 2. The van der Waals surface area contributed by atoms with Crippen LogP contribution in [0.5, 0.6) is 0 Å². The van der Waals surface area contributed by atoms with Crippen LogP contribution < -0.4 is 0 Å². The molecule has 190 valence electrons. The summed E-state index contributed by atoms with van der Waals surface area (Å²) < 4.78 is 12.0. The van der Waals surface area contributed by atoms with Crippen LogP contribution in [-0.2, 0) is 0 Å². The maximum atomic E-state index is 6.03. The van der Waals surface area contributed by atoms with E-state index in [-0.39, 0.29) is 0 Å². The molecule has 40 heavy (non-hydrogen) atoms. The normalized spacial score (nSPS) is 11.0. The fraction of sp³-hybridized carbons (Fsp3) is 0. The minimum Gasteiger partial charge on any atom is -0.416 e. The Balaban J connectivity index is 1.15. The van der Waals surface area contributed by atoms with Crippen LogP contribution in [0.2, 0.25) is 0 Å². The molecule has 0 saturated carbocycles. The Morgan fingerprint density at radius 2 is 0.975 bits per heavy atom. The van der Waals surface area contributed by atoms with E-state index in [0.29, 0.717) is 40.5 Å². The molecule has 10 nitrogen and oxygen atoms in total. The maximum Gasteiger partial charge on any atom is 0.266 e. The first-order valence-electron chi connectivity index (χ1n) is 12.4. The summed E-state index contributed by atoms with van der Waals surface area (Å²) in [5, 5.41) is 25.1. The van der Waals surface area contributed by atoms with Crippen LogP contribution in [0, 0.1) is 0 Å². The fourth-order valence-corrected chi connectivity index (χ4v) is 4.16. The van der Waals surface area contributed by atoms with Gasteiger partial charge in [0, 0.05) is 34.6 Å². The van der Waals surface area contributed by atoms with Crippen molar-refractivity contribution in [3.05, 3.63) is 109 Å². The molecule has 0 bridgehead atoms. The van der Waals surface area contributed by atoms with E-state index < -0.39 is 0 Å². The topological polar surface area (TPSA) is 129 Å². The third-order valence-corrected chi connectivity index (χ3v) is 6.08. The summed E-state index contributed by atoms with van der Waals surface area (Å²) in [6.07, 6.45) is 3.36. The number of aromatic nitrogens is 8. The molecule has 0 radical (unpaired) electrons. The van der Waals surface area contributed by atoms with Crippen molar-refractivity contribution >= 4 is 0 Å². The molecule has 2 aromatic carbocycles. The SMILES string of the molecule is c1ccc(-c2cccc(-c3nnc(-c4cccc(-c5nnc(-c6cccc(-c7cccnn7)c6)o5)c4)o3)n2)nc1. The highest BCUT2D eigenvalue weighted by molar-refractivity contribution is 5.69. The molecule has 0 unspecified atom stereocenters. The summed E-state index contributed by atoms with van der Waals surface area (Å²) in [6.45, 7) is 0. The summed E-state index contributed by atoms with van der Waals surface area (Å²) in [6, 6.07) is 30.2. The molecule has 0 fully saturated rings. The lowest BCUT2D eigenvalue weighted by molar-refractivity contribution is 0.581. The van der Waals surface area contributed by atoms with Crippen molar-refractivity contribution < 1.29 is 8.83 Å². The smallest absolute Gasteiger partial charge is 0.266 e. The monoisotopic (exact) mass is 522 g/mol. The van der Waals surface area contributed by atoms with Crippen molar-refractivity contribution in [3.8, 4) is 68.6 Å². The average Bonchev–Trinajstić information content (AvgIpc) is 3.74. The summed E-state index contributed by atoms with van der Waals surface area (Å²) in [7, 11) is 0. The van der Waals surface area contributed by atoms with Gasteiger partial charge in [-0.1, -0.05) is 30.3 Å². The van der Waals surface area contributed by atoms with Crippen molar-refractivity contribution in [1.29, 1.82) is 0 Å². The highest BCUT2D eigenvalue weighted by atomic mass is 16.4. The van der Waals surface area contributed by atoms with Gasteiger partial charge >= 0.3 is 0 Å². The number of pyridine rings is 2. The molecule has 7 aromatic rings.